The van der Waals surface area contributed by atoms with E-state index >= 15 is 0 Å². The largest absolute Gasteiger partial charge is 0.481 e. The monoisotopic (exact) mass is 307 g/mol. The average molecular weight is 308 g/mol. The molecule has 3 N–H and O–H groups in total. The lowest BCUT2D eigenvalue weighted by Crippen LogP contribution is -2.42. The van der Waals surface area contributed by atoms with E-state index in [2.05, 4.69) is 15.5 Å². The number of carbonyl (C=O) groups excluding carboxylic acids is 1. The van der Waals surface area contributed by atoms with Crippen LogP contribution in [-0.4, -0.2) is 44.4 Å². The molecule has 0 bridgehead atoms. The van der Waals surface area contributed by atoms with Crippen LogP contribution in [0.1, 0.15) is 23.7 Å². The predicted molar refractivity (Wildman–Crippen MR) is 67.3 cm³/mol. The van der Waals surface area contributed by atoms with Crippen molar-refractivity contribution in [1.82, 2.24) is 15.5 Å². The highest BCUT2D eigenvalue weighted by atomic mass is 35.5. The Balaban J connectivity index is 2.70. The van der Waals surface area contributed by atoms with Gasteiger partial charge in [0.15, 0.2) is 10.3 Å². The molecule has 0 saturated carbocycles. The minimum absolute atomic E-state index is 0.00667. The maximum absolute atomic E-state index is 11.8. The van der Waals surface area contributed by atoms with Gasteiger partial charge in [-0.05, 0) is 13.0 Å². The number of rotatable bonds is 5. The summed E-state index contributed by atoms with van der Waals surface area (Å²) in [7, 11) is 0. The summed E-state index contributed by atoms with van der Waals surface area (Å²) in [6, 6.07) is 1.22. The minimum atomic E-state index is -1.57. The highest BCUT2D eigenvalue weighted by Crippen LogP contribution is 2.15. The lowest BCUT2D eigenvalue weighted by molar-refractivity contribution is -0.141. The Morgan fingerprint density at radius 2 is 2.05 bits per heavy atom. The minimum Gasteiger partial charge on any atom is -0.481 e. The van der Waals surface area contributed by atoms with Gasteiger partial charge in [0.1, 0.15) is 0 Å². The molecule has 1 heterocycles. The van der Waals surface area contributed by atoms with Gasteiger partial charge in [0, 0.05) is 6.54 Å². The molecular weight excluding hydrogens is 297 g/mol. The summed E-state index contributed by atoms with van der Waals surface area (Å²) in [6.07, 6.45) is -0.504. The first-order valence-electron chi connectivity index (χ1n) is 5.12. The van der Waals surface area contributed by atoms with E-state index < -0.39 is 23.9 Å². The SMILES string of the molecule is CC(O)(CNC(=O)c1cc(Cl)nnc1Cl)CC(=O)O. The van der Waals surface area contributed by atoms with Crippen molar-refractivity contribution < 1.29 is 19.8 Å². The molecule has 1 unspecified atom stereocenters. The molecule has 1 atom stereocenters. The van der Waals surface area contributed by atoms with E-state index in [1.165, 1.54) is 13.0 Å². The maximum Gasteiger partial charge on any atom is 0.306 e. The third-order valence-corrected chi connectivity index (χ3v) is 2.59. The van der Waals surface area contributed by atoms with Crippen LogP contribution < -0.4 is 5.32 Å². The molecule has 0 saturated heterocycles. The fourth-order valence-corrected chi connectivity index (χ4v) is 1.59. The molecule has 104 valence electrons. The number of nitrogens with one attached hydrogen (secondary N) is 1. The molecule has 1 rings (SSSR count). The quantitative estimate of drug-likeness (QED) is 0.739. The average Bonchev–Trinajstić information content (AvgIpc) is 2.27. The Kier molecular flexibility index (Phi) is 5.04. The van der Waals surface area contributed by atoms with Crippen LogP contribution in [0.5, 0.6) is 0 Å². The summed E-state index contributed by atoms with van der Waals surface area (Å²) in [5.41, 5.74) is -1.58. The molecule has 1 aromatic heterocycles. The number of aliphatic carboxylic acids is 1. The van der Waals surface area contributed by atoms with Gasteiger partial charge in [-0.15, -0.1) is 10.2 Å². The summed E-state index contributed by atoms with van der Waals surface area (Å²) in [5, 5.41) is 27.4. The first kappa shape index (κ1) is 15.6. The van der Waals surface area contributed by atoms with Crippen LogP contribution in [0.3, 0.4) is 0 Å². The molecule has 0 fully saturated rings. The van der Waals surface area contributed by atoms with Gasteiger partial charge in [-0.2, -0.15) is 0 Å². The second-order valence-corrected chi connectivity index (χ2v) is 4.87. The Morgan fingerprint density at radius 1 is 1.42 bits per heavy atom. The van der Waals surface area contributed by atoms with Gasteiger partial charge >= 0.3 is 5.97 Å². The van der Waals surface area contributed by atoms with Gasteiger partial charge in [-0.25, -0.2) is 0 Å². The van der Waals surface area contributed by atoms with Crippen molar-refractivity contribution in [3.05, 3.63) is 21.9 Å². The van der Waals surface area contributed by atoms with Crippen LogP contribution in [0.2, 0.25) is 10.3 Å². The number of nitrogens with zero attached hydrogens (tertiary/aromatic N) is 2. The van der Waals surface area contributed by atoms with Gasteiger partial charge in [0.05, 0.1) is 17.6 Å². The van der Waals surface area contributed by atoms with Crippen molar-refractivity contribution in [1.29, 1.82) is 0 Å². The zero-order valence-corrected chi connectivity index (χ0v) is 11.4. The highest BCUT2D eigenvalue weighted by molar-refractivity contribution is 6.34. The number of hydrogen-bond donors (Lipinski definition) is 3. The van der Waals surface area contributed by atoms with Crippen LogP contribution in [0, 0.1) is 0 Å². The van der Waals surface area contributed by atoms with Crippen LogP contribution >= 0.6 is 23.2 Å². The number of carbonyl (C=O) groups is 2. The van der Waals surface area contributed by atoms with E-state index in [9.17, 15) is 14.7 Å². The fraction of sp³-hybridized carbons (Fsp3) is 0.400. The van der Waals surface area contributed by atoms with Crippen molar-refractivity contribution >= 4 is 35.1 Å². The molecule has 0 aliphatic rings. The van der Waals surface area contributed by atoms with Crippen molar-refractivity contribution in [2.45, 2.75) is 18.9 Å². The topological polar surface area (TPSA) is 112 Å². The van der Waals surface area contributed by atoms with Crippen molar-refractivity contribution in [3.8, 4) is 0 Å². The molecule has 0 spiro atoms. The van der Waals surface area contributed by atoms with E-state index in [0.717, 1.165) is 0 Å². The van der Waals surface area contributed by atoms with Crippen LogP contribution in [0.15, 0.2) is 6.07 Å². The summed E-state index contributed by atoms with van der Waals surface area (Å²) in [4.78, 5) is 22.3. The molecule has 7 nitrogen and oxygen atoms in total. The Bertz CT molecular complexity index is 508. The fourth-order valence-electron chi connectivity index (χ4n) is 1.27. The standard InChI is InChI=1S/C10H11Cl2N3O4/c1-10(19,3-7(16)17)4-13-9(18)5-2-6(11)14-15-8(5)12/h2,19H,3-4H2,1H3,(H,13,18)(H,16,17). The Labute approximate surface area is 118 Å². The molecule has 0 aliphatic carbocycles. The Morgan fingerprint density at radius 3 is 2.63 bits per heavy atom. The molecule has 19 heavy (non-hydrogen) atoms. The summed E-state index contributed by atoms with van der Waals surface area (Å²) in [6.45, 7) is 1.04. The number of carboxylic acid groups (broad SMARTS) is 1. The lowest BCUT2D eigenvalue weighted by atomic mass is 10.0. The van der Waals surface area contributed by atoms with Gasteiger partial charge in [-0.3, -0.25) is 9.59 Å². The number of aliphatic hydroxyl groups is 1. The summed E-state index contributed by atoms with van der Waals surface area (Å²) in [5.74, 6) is -1.81. The van der Waals surface area contributed by atoms with Crippen LogP contribution in [0.25, 0.3) is 0 Å². The molecule has 0 aliphatic heterocycles. The van der Waals surface area contributed by atoms with Crippen LogP contribution in [0.4, 0.5) is 0 Å². The number of hydrogen-bond acceptors (Lipinski definition) is 5. The maximum atomic E-state index is 11.8. The Hall–Kier alpha value is -1.44. The van der Waals surface area contributed by atoms with Gasteiger partial charge in [-0.1, -0.05) is 23.2 Å². The van der Waals surface area contributed by atoms with Crippen molar-refractivity contribution in [3.63, 3.8) is 0 Å². The summed E-state index contributed by atoms with van der Waals surface area (Å²) >= 11 is 11.3. The van der Waals surface area contributed by atoms with Gasteiger partial charge in [0.2, 0.25) is 0 Å². The van der Waals surface area contributed by atoms with Crippen LogP contribution in [-0.2, 0) is 4.79 Å². The zero-order chi connectivity index (χ0) is 14.6. The number of halogens is 2. The molecule has 1 amide bonds. The smallest absolute Gasteiger partial charge is 0.306 e. The first-order valence-corrected chi connectivity index (χ1v) is 5.88. The van der Waals surface area contributed by atoms with E-state index in [-0.39, 0.29) is 22.4 Å². The number of carboxylic acids is 1. The molecule has 0 aromatic carbocycles. The van der Waals surface area contributed by atoms with E-state index in [0.29, 0.717) is 0 Å². The van der Waals surface area contributed by atoms with Gasteiger partial charge in [0.25, 0.3) is 5.91 Å². The zero-order valence-electron chi connectivity index (χ0n) is 9.85. The van der Waals surface area contributed by atoms with E-state index in [1.807, 2.05) is 0 Å². The molecule has 9 heteroatoms. The number of aromatic nitrogens is 2. The first-order chi connectivity index (χ1) is 8.71. The van der Waals surface area contributed by atoms with Crippen molar-refractivity contribution in [2.24, 2.45) is 0 Å². The second kappa shape index (κ2) is 6.14. The van der Waals surface area contributed by atoms with E-state index in [4.69, 9.17) is 28.3 Å². The molecular formula is C10H11Cl2N3O4. The highest BCUT2D eigenvalue weighted by Gasteiger charge is 2.25. The van der Waals surface area contributed by atoms with Gasteiger partial charge < -0.3 is 15.5 Å². The summed E-state index contributed by atoms with van der Waals surface area (Å²) < 4.78 is 0. The molecule has 0 radical (unpaired) electrons. The number of amides is 1. The normalized spacial score (nSPS) is 13.7. The second-order valence-electron chi connectivity index (χ2n) is 4.12. The third-order valence-electron chi connectivity index (χ3n) is 2.13. The predicted octanol–water partition coefficient (Wildman–Crippen LogP) is 0.739. The molecule has 1 aromatic rings. The lowest BCUT2D eigenvalue weighted by Gasteiger charge is -2.21. The van der Waals surface area contributed by atoms with Crippen molar-refractivity contribution in [2.75, 3.05) is 6.54 Å². The van der Waals surface area contributed by atoms with E-state index in [1.54, 1.807) is 0 Å². The third kappa shape index (κ3) is 4.98.